The van der Waals surface area contributed by atoms with Gasteiger partial charge in [-0.2, -0.15) is 0 Å². The van der Waals surface area contributed by atoms with E-state index in [0.29, 0.717) is 5.69 Å². The van der Waals surface area contributed by atoms with Gasteiger partial charge in [-0.05, 0) is 17.7 Å². The maximum Gasteiger partial charge on any atom is 0.138 e. The second-order valence-corrected chi connectivity index (χ2v) is 4.34. The molecule has 0 fully saturated rings. The lowest BCUT2D eigenvalue weighted by Crippen LogP contribution is -1.86. The number of aryl methyl sites for hydroxylation is 1. The van der Waals surface area contributed by atoms with Crippen LogP contribution in [0.25, 0.3) is 22.2 Å². The average Bonchev–Trinajstić information content (AvgIpc) is 2.79. The molecule has 0 atom stereocenters. The monoisotopic (exact) mass is 238 g/mol. The Kier molecular flexibility index (Phi) is 2.61. The van der Waals surface area contributed by atoms with Crippen LogP contribution < -0.4 is 0 Å². The molecule has 3 nitrogen and oxygen atoms in total. The summed E-state index contributed by atoms with van der Waals surface area (Å²) in [7, 11) is 0. The van der Waals surface area contributed by atoms with Crippen LogP contribution in [0, 0.1) is 6.92 Å². The minimum atomic E-state index is -0.0346. The van der Waals surface area contributed by atoms with Gasteiger partial charge in [-0.3, -0.25) is 0 Å². The van der Waals surface area contributed by atoms with Crippen molar-refractivity contribution in [2.75, 3.05) is 0 Å². The van der Waals surface area contributed by atoms with Gasteiger partial charge in [0.2, 0.25) is 0 Å². The van der Waals surface area contributed by atoms with E-state index < -0.39 is 0 Å². The Labute approximate surface area is 105 Å². The van der Waals surface area contributed by atoms with Crippen LogP contribution >= 0.6 is 0 Å². The number of imidazole rings is 1. The zero-order valence-corrected chi connectivity index (χ0v) is 10.1. The highest BCUT2D eigenvalue weighted by Crippen LogP contribution is 2.27. The van der Waals surface area contributed by atoms with Gasteiger partial charge in [-0.25, -0.2) is 4.98 Å². The number of benzene rings is 2. The molecule has 3 heteroatoms. The number of nitrogens with zero attached hydrogens (tertiary/aromatic N) is 1. The Bertz CT molecular complexity index is 695. The number of nitrogens with one attached hydrogen (secondary N) is 1. The van der Waals surface area contributed by atoms with Crippen LogP contribution in [0.3, 0.4) is 0 Å². The number of hydrogen-bond donors (Lipinski definition) is 2. The fourth-order valence-electron chi connectivity index (χ4n) is 2.21. The van der Waals surface area contributed by atoms with Crippen LogP contribution in [0.15, 0.2) is 42.5 Å². The highest BCUT2D eigenvalue weighted by Gasteiger charge is 2.09. The van der Waals surface area contributed by atoms with Gasteiger partial charge in [0, 0.05) is 11.3 Å². The summed E-state index contributed by atoms with van der Waals surface area (Å²) in [5, 5.41) is 11.6. The van der Waals surface area contributed by atoms with Crippen molar-refractivity contribution in [3.63, 3.8) is 0 Å². The molecule has 0 spiro atoms. The van der Waals surface area contributed by atoms with Gasteiger partial charge in [-0.1, -0.05) is 42.5 Å². The molecule has 3 aromatic rings. The first kappa shape index (κ1) is 11.0. The molecule has 0 saturated heterocycles. The molecule has 2 N–H and O–H groups in total. The zero-order chi connectivity index (χ0) is 12.5. The molecule has 18 heavy (non-hydrogen) atoms. The van der Waals surface area contributed by atoms with E-state index in [-0.39, 0.29) is 6.61 Å². The molecule has 3 rings (SSSR count). The van der Waals surface area contributed by atoms with Crippen molar-refractivity contribution in [3.8, 4) is 11.4 Å². The summed E-state index contributed by atoms with van der Waals surface area (Å²) in [5.74, 6) is 0.813. The van der Waals surface area contributed by atoms with Gasteiger partial charge >= 0.3 is 0 Å². The van der Waals surface area contributed by atoms with Crippen molar-refractivity contribution in [2.24, 2.45) is 0 Å². The third-order valence-electron chi connectivity index (χ3n) is 3.18. The molecule has 90 valence electrons. The molecule has 0 aliphatic heterocycles. The molecule has 0 aliphatic rings. The lowest BCUT2D eigenvalue weighted by molar-refractivity contribution is 0.276. The molecule has 0 aliphatic carbocycles. The Morgan fingerprint density at radius 2 is 1.89 bits per heavy atom. The van der Waals surface area contributed by atoms with E-state index in [9.17, 15) is 5.11 Å². The topological polar surface area (TPSA) is 48.9 Å². The van der Waals surface area contributed by atoms with E-state index >= 15 is 0 Å². The van der Waals surface area contributed by atoms with Crippen molar-refractivity contribution in [1.29, 1.82) is 0 Å². The standard InChI is InChI=1S/C15H14N2O/c1-10-14(9-18)17-15(16-10)13-8-4-6-11-5-2-3-7-12(11)13/h2-8,18H,9H2,1H3,(H,16,17). The van der Waals surface area contributed by atoms with Gasteiger partial charge < -0.3 is 10.1 Å². The number of aromatic amines is 1. The summed E-state index contributed by atoms with van der Waals surface area (Å²) in [6, 6.07) is 14.4. The third kappa shape index (κ3) is 1.69. The van der Waals surface area contributed by atoms with Crippen LogP contribution in [0.1, 0.15) is 11.4 Å². The minimum Gasteiger partial charge on any atom is -0.390 e. The van der Waals surface area contributed by atoms with Gasteiger partial charge in [0.15, 0.2) is 0 Å². The van der Waals surface area contributed by atoms with Gasteiger partial charge in [0.25, 0.3) is 0 Å². The molecular weight excluding hydrogens is 224 g/mol. The van der Waals surface area contributed by atoms with E-state index in [4.69, 9.17) is 0 Å². The molecule has 0 unspecified atom stereocenters. The van der Waals surface area contributed by atoms with Crippen molar-refractivity contribution in [1.82, 2.24) is 9.97 Å². The second-order valence-electron chi connectivity index (χ2n) is 4.34. The predicted octanol–water partition coefficient (Wildman–Crippen LogP) is 3.03. The highest BCUT2D eigenvalue weighted by atomic mass is 16.3. The van der Waals surface area contributed by atoms with Crippen LogP contribution in [0.5, 0.6) is 0 Å². The number of fused-ring (bicyclic) bond motifs is 1. The average molecular weight is 238 g/mol. The van der Waals surface area contributed by atoms with Crippen LogP contribution in [-0.4, -0.2) is 15.1 Å². The van der Waals surface area contributed by atoms with Gasteiger partial charge in [0.1, 0.15) is 5.82 Å². The Balaban J connectivity index is 2.24. The van der Waals surface area contributed by atoms with E-state index in [1.807, 2.05) is 31.2 Å². The largest absolute Gasteiger partial charge is 0.390 e. The summed E-state index contributed by atoms with van der Waals surface area (Å²) in [4.78, 5) is 7.68. The third-order valence-corrected chi connectivity index (χ3v) is 3.18. The molecule has 0 radical (unpaired) electrons. The first-order chi connectivity index (χ1) is 8.79. The van der Waals surface area contributed by atoms with E-state index in [2.05, 4.69) is 28.2 Å². The predicted molar refractivity (Wildman–Crippen MR) is 72.2 cm³/mol. The fourth-order valence-corrected chi connectivity index (χ4v) is 2.21. The maximum atomic E-state index is 9.21. The summed E-state index contributed by atoms with van der Waals surface area (Å²) >= 11 is 0. The van der Waals surface area contributed by atoms with E-state index in [1.165, 1.54) is 10.8 Å². The van der Waals surface area contributed by atoms with Crippen molar-refractivity contribution in [3.05, 3.63) is 53.9 Å². The van der Waals surface area contributed by atoms with E-state index in [0.717, 1.165) is 17.1 Å². The smallest absolute Gasteiger partial charge is 0.138 e. The summed E-state index contributed by atoms with van der Waals surface area (Å²) in [6.45, 7) is 1.89. The first-order valence-electron chi connectivity index (χ1n) is 5.94. The number of hydrogen-bond acceptors (Lipinski definition) is 2. The van der Waals surface area contributed by atoms with Crippen LogP contribution in [-0.2, 0) is 6.61 Å². The molecule has 1 heterocycles. The Hall–Kier alpha value is -2.13. The summed E-state index contributed by atoms with van der Waals surface area (Å²) < 4.78 is 0. The molecule has 1 aromatic heterocycles. The summed E-state index contributed by atoms with van der Waals surface area (Å²) in [5.41, 5.74) is 2.69. The fraction of sp³-hybridized carbons (Fsp3) is 0.133. The lowest BCUT2D eigenvalue weighted by Gasteiger charge is -2.03. The minimum absolute atomic E-state index is 0.0346. The van der Waals surface area contributed by atoms with Gasteiger partial charge in [-0.15, -0.1) is 0 Å². The Morgan fingerprint density at radius 3 is 2.67 bits per heavy atom. The normalized spacial score (nSPS) is 11.0. The van der Waals surface area contributed by atoms with Crippen LogP contribution in [0.2, 0.25) is 0 Å². The quantitative estimate of drug-likeness (QED) is 0.721. The Morgan fingerprint density at radius 1 is 1.11 bits per heavy atom. The zero-order valence-electron chi connectivity index (χ0n) is 10.1. The number of aliphatic hydroxyl groups is 1. The van der Waals surface area contributed by atoms with Crippen molar-refractivity contribution in [2.45, 2.75) is 13.5 Å². The SMILES string of the molecule is Cc1[nH]c(-c2cccc3ccccc23)nc1CO. The van der Waals surface area contributed by atoms with Crippen molar-refractivity contribution < 1.29 is 5.11 Å². The molecule has 0 saturated carbocycles. The highest BCUT2D eigenvalue weighted by molar-refractivity contribution is 5.95. The van der Waals surface area contributed by atoms with Gasteiger partial charge in [0.05, 0.1) is 12.3 Å². The maximum absolute atomic E-state index is 9.21. The van der Waals surface area contributed by atoms with E-state index in [1.54, 1.807) is 0 Å². The number of aliphatic hydroxyl groups excluding tert-OH is 1. The van der Waals surface area contributed by atoms with Crippen molar-refractivity contribution >= 4 is 10.8 Å². The van der Waals surface area contributed by atoms with Crippen LogP contribution in [0.4, 0.5) is 0 Å². The molecular formula is C15H14N2O. The second kappa shape index (κ2) is 4.27. The number of H-pyrrole nitrogens is 1. The summed E-state index contributed by atoms with van der Waals surface area (Å²) in [6.07, 6.45) is 0. The molecule has 0 amide bonds. The number of rotatable bonds is 2. The number of aromatic nitrogens is 2. The first-order valence-corrected chi connectivity index (χ1v) is 5.94. The lowest BCUT2D eigenvalue weighted by atomic mass is 10.0. The molecule has 0 bridgehead atoms. The molecule has 2 aromatic carbocycles.